The lowest BCUT2D eigenvalue weighted by atomic mass is 9.94. The summed E-state index contributed by atoms with van der Waals surface area (Å²) < 4.78 is 0. The highest BCUT2D eigenvalue weighted by Gasteiger charge is 2.15. The first-order valence-corrected chi connectivity index (χ1v) is 7.09. The number of aliphatic hydroxyl groups excluding tert-OH is 1. The summed E-state index contributed by atoms with van der Waals surface area (Å²) in [6, 6.07) is 11.7. The Balaban J connectivity index is 2.31. The van der Waals surface area contributed by atoms with Crippen molar-refractivity contribution in [2.24, 2.45) is 0 Å². The Kier molecular flexibility index (Phi) is 4.69. The molecule has 0 radical (unpaired) electrons. The highest BCUT2D eigenvalue weighted by Crippen LogP contribution is 2.27. The van der Waals surface area contributed by atoms with Crippen LogP contribution in [0.5, 0.6) is 0 Å². The van der Waals surface area contributed by atoms with Crippen molar-refractivity contribution in [2.45, 2.75) is 26.8 Å². The van der Waals surface area contributed by atoms with Crippen molar-refractivity contribution in [1.29, 1.82) is 0 Å². The van der Waals surface area contributed by atoms with Gasteiger partial charge in [-0.25, -0.2) is 0 Å². The highest BCUT2D eigenvalue weighted by atomic mass is 35.5. The molecule has 20 heavy (non-hydrogen) atoms. The minimum Gasteiger partial charge on any atom is -0.394 e. The van der Waals surface area contributed by atoms with Crippen molar-refractivity contribution in [3.05, 3.63) is 63.7 Å². The molecule has 0 amide bonds. The molecule has 2 aromatic carbocycles. The summed E-state index contributed by atoms with van der Waals surface area (Å²) in [5, 5.41) is 13.8. The van der Waals surface area contributed by atoms with Gasteiger partial charge in [-0.2, -0.15) is 0 Å². The zero-order valence-corrected chi connectivity index (χ0v) is 12.8. The zero-order chi connectivity index (χ0) is 14.7. The highest BCUT2D eigenvalue weighted by molar-refractivity contribution is 6.30. The minimum atomic E-state index is -0.114. The fraction of sp³-hybridized carbons (Fsp3) is 0.294. The van der Waals surface area contributed by atoms with Gasteiger partial charge in [-0.3, -0.25) is 0 Å². The van der Waals surface area contributed by atoms with Crippen LogP contribution in [0, 0.1) is 20.8 Å². The van der Waals surface area contributed by atoms with E-state index in [1.807, 2.05) is 24.3 Å². The second kappa shape index (κ2) is 6.29. The van der Waals surface area contributed by atoms with Gasteiger partial charge >= 0.3 is 0 Å². The van der Waals surface area contributed by atoms with Crippen molar-refractivity contribution in [3.8, 4) is 0 Å². The third kappa shape index (κ3) is 3.33. The number of benzene rings is 2. The van der Waals surface area contributed by atoms with Crippen molar-refractivity contribution in [2.75, 3.05) is 11.9 Å². The molecule has 2 rings (SSSR count). The number of aliphatic hydroxyl groups is 1. The van der Waals surface area contributed by atoms with Crippen LogP contribution >= 0.6 is 11.6 Å². The van der Waals surface area contributed by atoms with Crippen molar-refractivity contribution >= 4 is 17.3 Å². The maximum absolute atomic E-state index is 9.72. The third-order valence-corrected chi connectivity index (χ3v) is 3.71. The average molecular weight is 290 g/mol. The van der Waals surface area contributed by atoms with E-state index in [-0.39, 0.29) is 12.6 Å². The van der Waals surface area contributed by atoms with Gasteiger partial charge in [0.15, 0.2) is 0 Å². The summed E-state index contributed by atoms with van der Waals surface area (Å²) in [4.78, 5) is 0. The first-order chi connectivity index (χ1) is 9.51. The van der Waals surface area contributed by atoms with Crippen molar-refractivity contribution < 1.29 is 5.11 Å². The number of nitrogens with one attached hydrogen (secondary N) is 1. The third-order valence-electron chi connectivity index (χ3n) is 3.45. The quantitative estimate of drug-likeness (QED) is 0.874. The summed E-state index contributed by atoms with van der Waals surface area (Å²) in [6.45, 7) is 6.31. The minimum absolute atomic E-state index is 0.0490. The Labute approximate surface area is 125 Å². The molecule has 106 valence electrons. The SMILES string of the molecule is Cc1cc(C)c(C(CO)Nc2ccc(Cl)cc2)c(C)c1. The Morgan fingerprint density at radius 3 is 2.10 bits per heavy atom. The maximum Gasteiger partial charge on any atom is 0.0750 e. The number of hydrogen-bond donors (Lipinski definition) is 2. The zero-order valence-electron chi connectivity index (χ0n) is 12.1. The first kappa shape index (κ1) is 14.9. The molecule has 0 heterocycles. The molecule has 0 saturated heterocycles. The van der Waals surface area contributed by atoms with E-state index < -0.39 is 0 Å². The fourth-order valence-electron chi connectivity index (χ4n) is 2.70. The van der Waals surface area contributed by atoms with Gasteiger partial charge < -0.3 is 10.4 Å². The van der Waals surface area contributed by atoms with E-state index in [4.69, 9.17) is 11.6 Å². The Bertz CT molecular complexity index is 569. The van der Waals surface area contributed by atoms with E-state index in [0.717, 1.165) is 11.3 Å². The average Bonchev–Trinajstić information content (AvgIpc) is 2.38. The smallest absolute Gasteiger partial charge is 0.0750 e. The molecule has 3 heteroatoms. The second-order valence-corrected chi connectivity index (χ2v) is 5.64. The molecule has 1 unspecified atom stereocenters. The molecular weight excluding hydrogens is 270 g/mol. The summed E-state index contributed by atoms with van der Waals surface area (Å²) in [5.74, 6) is 0. The van der Waals surface area contributed by atoms with Crippen LogP contribution in [0.1, 0.15) is 28.3 Å². The number of halogens is 1. The van der Waals surface area contributed by atoms with Gasteiger partial charge in [0.25, 0.3) is 0 Å². The Morgan fingerprint density at radius 1 is 1.05 bits per heavy atom. The van der Waals surface area contributed by atoms with Crippen LogP contribution in [0.25, 0.3) is 0 Å². The van der Waals surface area contributed by atoms with E-state index in [1.165, 1.54) is 16.7 Å². The van der Waals surface area contributed by atoms with Gasteiger partial charge in [0.2, 0.25) is 0 Å². The van der Waals surface area contributed by atoms with Crippen LogP contribution in [0.2, 0.25) is 5.02 Å². The monoisotopic (exact) mass is 289 g/mol. The van der Waals surface area contributed by atoms with Gasteiger partial charge in [-0.05, 0) is 61.7 Å². The van der Waals surface area contributed by atoms with Gasteiger partial charge in [0.05, 0.1) is 12.6 Å². The standard InChI is InChI=1S/C17H20ClNO/c1-11-8-12(2)17(13(3)9-11)16(10-20)19-15-6-4-14(18)5-7-15/h4-9,16,19-20H,10H2,1-3H3. The van der Waals surface area contributed by atoms with Gasteiger partial charge in [-0.1, -0.05) is 29.3 Å². The Hall–Kier alpha value is -1.51. The predicted molar refractivity (Wildman–Crippen MR) is 85.6 cm³/mol. The molecule has 0 aliphatic carbocycles. The second-order valence-electron chi connectivity index (χ2n) is 5.20. The molecule has 0 spiro atoms. The summed E-state index contributed by atoms with van der Waals surface area (Å²) >= 11 is 5.89. The van der Waals surface area contributed by atoms with E-state index in [9.17, 15) is 5.11 Å². The molecule has 0 aromatic heterocycles. The summed E-state index contributed by atoms with van der Waals surface area (Å²) in [6.07, 6.45) is 0. The fourth-order valence-corrected chi connectivity index (χ4v) is 2.82. The molecule has 0 aliphatic rings. The molecule has 1 atom stereocenters. The molecule has 0 fully saturated rings. The number of rotatable bonds is 4. The topological polar surface area (TPSA) is 32.3 Å². The van der Waals surface area contributed by atoms with Crippen molar-refractivity contribution in [1.82, 2.24) is 0 Å². The molecule has 2 N–H and O–H groups in total. The summed E-state index contributed by atoms with van der Waals surface area (Å²) in [7, 11) is 0. The van der Waals surface area contributed by atoms with Crippen molar-refractivity contribution in [3.63, 3.8) is 0 Å². The van der Waals surface area contributed by atoms with E-state index in [0.29, 0.717) is 5.02 Å². The first-order valence-electron chi connectivity index (χ1n) is 6.72. The van der Waals surface area contributed by atoms with Crippen LogP contribution in [0.4, 0.5) is 5.69 Å². The predicted octanol–water partition coefficient (Wildman–Crippen LogP) is 4.41. The molecule has 0 bridgehead atoms. The van der Waals surface area contributed by atoms with Gasteiger partial charge in [-0.15, -0.1) is 0 Å². The summed E-state index contributed by atoms with van der Waals surface area (Å²) in [5.41, 5.74) is 5.75. The number of aryl methyl sites for hydroxylation is 3. The normalized spacial score (nSPS) is 12.2. The van der Waals surface area contributed by atoms with Crippen LogP contribution in [-0.2, 0) is 0 Å². The molecule has 2 aromatic rings. The maximum atomic E-state index is 9.72. The molecule has 0 aliphatic heterocycles. The lowest BCUT2D eigenvalue weighted by molar-refractivity contribution is 0.275. The largest absolute Gasteiger partial charge is 0.394 e. The van der Waals surface area contributed by atoms with Gasteiger partial charge in [0.1, 0.15) is 0 Å². The molecule has 0 saturated carbocycles. The van der Waals surface area contributed by atoms with E-state index >= 15 is 0 Å². The van der Waals surface area contributed by atoms with Crippen LogP contribution < -0.4 is 5.32 Å². The lowest BCUT2D eigenvalue weighted by Gasteiger charge is -2.22. The van der Waals surface area contributed by atoms with E-state index in [1.54, 1.807) is 0 Å². The van der Waals surface area contributed by atoms with Crippen LogP contribution in [0.3, 0.4) is 0 Å². The van der Waals surface area contributed by atoms with Gasteiger partial charge in [0, 0.05) is 10.7 Å². The lowest BCUT2D eigenvalue weighted by Crippen LogP contribution is -2.17. The van der Waals surface area contributed by atoms with Crippen LogP contribution in [-0.4, -0.2) is 11.7 Å². The molecule has 2 nitrogen and oxygen atoms in total. The molecular formula is C17H20ClNO. The Morgan fingerprint density at radius 2 is 1.60 bits per heavy atom. The number of hydrogen-bond acceptors (Lipinski definition) is 2. The van der Waals surface area contributed by atoms with Crippen LogP contribution in [0.15, 0.2) is 36.4 Å². The van der Waals surface area contributed by atoms with E-state index in [2.05, 4.69) is 38.2 Å². The number of anilines is 1.